The second kappa shape index (κ2) is 13.3. The topological polar surface area (TPSA) is 34.1 Å². The van der Waals surface area contributed by atoms with E-state index in [1.807, 2.05) is 0 Å². The van der Waals surface area contributed by atoms with Crippen molar-refractivity contribution in [1.29, 1.82) is 0 Å². The molecule has 0 radical (unpaired) electrons. The Balaban J connectivity index is 2.31. The minimum atomic E-state index is 0.275. The predicted molar refractivity (Wildman–Crippen MR) is 107 cm³/mol. The van der Waals surface area contributed by atoms with Crippen molar-refractivity contribution in [3.63, 3.8) is 0 Å². The summed E-state index contributed by atoms with van der Waals surface area (Å²) in [4.78, 5) is 22.9. The van der Waals surface area contributed by atoms with E-state index in [-0.39, 0.29) is 5.92 Å². The van der Waals surface area contributed by atoms with E-state index >= 15 is 0 Å². The zero-order valence-electron chi connectivity index (χ0n) is 16.9. The van der Waals surface area contributed by atoms with E-state index in [2.05, 4.69) is 13.0 Å². The van der Waals surface area contributed by atoms with Gasteiger partial charge in [-0.2, -0.15) is 0 Å². The Bertz CT molecular complexity index is 422. The van der Waals surface area contributed by atoms with Crippen LogP contribution >= 0.6 is 0 Å². The minimum absolute atomic E-state index is 0.275. The van der Waals surface area contributed by atoms with Crippen molar-refractivity contribution in [1.82, 2.24) is 0 Å². The number of carbonyl (C=O) groups excluding carboxylic acids is 2. The fourth-order valence-electron chi connectivity index (χ4n) is 4.12. The predicted octanol–water partition coefficient (Wildman–Crippen LogP) is 6.82. The molecule has 25 heavy (non-hydrogen) atoms. The van der Waals surface area contributed by atoms with Gasteiger partial charge in [0, 0.05) is 12.3 Å². The van der Waals surface area contributed by atoms with Crippen LogP contribution in [0.3, 0.4) is 0 Å². The van der Waals surface area contributed by atoms with Crippen LogP contribution in [0.1, 0.15) is 111 Å². The molecule has 0 fully saturated rings. The summed E-state index contributed by atoms with van der Waals surface area (Å²) in [6.45, 7) is 5.71. The first-order valence-electron chi connectivity index (χ1n) is 10.7. The van der Waals surface area contributed by atoms with Gasteiger partial charge in [0.05, 0.1) is 0 Å². The van der Waals surface area contributed by atoms with Crippen LogP contribution in [0.5, 0.6) is 0 Å². The van der Waals surface area contributed by atoms with Gasteiger partial charge < -0.3 is 4.79 Å². The largest absolute Gasteiger partial charge is 0.300 e. The maximum Gasteiger partial charge on any atom is 0.133 e. The van der Waals surface area contributed by atoms with Crippen LogP contribution < -0.4 is 0 Å². The van der Waals surface area contributed by atoms with Crippen molar-refractivity contribution in [2.24, 2.45) is 11.8 Å². The molecule has 0 N–H and O–H groups in total. The van der Waals surface area contributed by atoms with Gasteiger partial charge in [0.1, 0.15) is 11.6 Å². The third-order valence-corrected chi connectivity index (χ3v) is 5.68. The van der Waals surface area contributed by atoms with Crippen LogP contribution in [0.25, 0.3) is 0 Å². The van der Waals surface area contributed by atoms with Gasteiger partial charge >= 0.3 is 0 Å². The lowest BCUT2D eigenvalue weighted by Gasteiger charge is -2.29. The molecule has 144 valence electrons. The molecule has 2 atom stereocenters. The summed E-state index contributed by atoms with van der Waals surface area (Å²) in [7, 11) is 0. The lowest BCUT2D eigenvalue weighted by molar-refractivity contribution is -0.122. The van der Waals surface area contributed by atoms with E-state index in [1.165, 1.54) is 64.2 Å². The Hall–Kier alpha value is -0.920. The summed E-state index contributed by atoms with van der Waals surface area (Å²) < 4.78 is 0. The first kappa shape index (κ1) is 22.1. The first-order valence-corrected chi connectivity index (χ1v) is 10.7. The molecule has 2 unspecified atom stereocenters. The van der Waals surface area contributed by atoms with Crippen LogP contribution in [0, 0.1) is 11.8 Å². The molecule has 0 spiro atoms. The highest BCUT2D eigenvalue weighted by atomic mass is 16.1. The molecule has 0 saturated heterocycles. The molecule has 1 rings (SSSR count). The molecule has 0 amide bonds. The Labute approximate surface area is 155 Å². The summed E-state index contributed by atoms with van der Waals surface area (Å²) in [5.74, 6) is 1.48. The van der Waals surface area contributed by atoms with Crippen molar-refractivity contribution in [3.8, 4) is 0 Å². The molecular formula is C23H40O2. The van der Waals surface area contributed by atoms with Gasteiger partial charge in [-0.1, -0.05) is 63.5 Å². The first-order chi connectivity index (χ1) is 12.0. The number of unbranched alkanes of at least 4 members (excludes halogenated alkanes) is 7. The Morgan fingerprint density at radius 1 is 0.960 bits per heavy atom. The van der Waals surface area contributed by atoms with Gasteiger partial charge in [-0.15, -0.1) is 0 Å². The van der Waals surface area contributed by atoms with E-state index in [1.54, 1.807) is 19.4 Å². The molecule has 0 bridgehead atoms. The van der Waals surface area contributed by atoms with Crippen LogP contribution in [0.2, 0.25) is 0 Å². The van der Waals surface area contributed by atoms with E-state index in [9.17, 15) is 9.59 Å². The smallest absolute Gasteiger partial charge is 0.133 e. The Morgan fingerprint density at radius 3 is 2.32 bits per heavy atom. The van der Waals surface area contributed by atoms with Crippen molar-refractivity contribution in [3.05, 3.63) is 11.6 Å². The van der Waals surface area contributed by atoms with E-state index < -0.39 is 0 Å². The number of hydrogen-bond donors (Lipinski definition) is 0. The van der Waals surface area contributed by atoms with Gasteiger partial charge in [-0.3, -0.25) is 4.79 Å². The standard InChI is InChI=1S/C23H40O2/c1-4-5-6-12-15-22-18-21(16-17-23(22)20(3)25)14-11-9-7-8-10-13-19(2)24/h18,22-23H,4-17H2,1-3H3. The zero-order chi connectivity index (χ0) is 18.5. The summed E-state index contributed by atoms with van der Waals surface area (Å²) in [6.07, 6.45) is 19.0. The summed E-state index contributed by atoms with van der Waals surface area (Å²) in [5, 5.41) is 0. The molecule has 0 heterocycles. The SMILES string of the molecule is CCCCCCC1C=C(CCCCCCCC(C)=O)CCC1C(C)=O. The molecule has 1 aliphatic carbocycles. The molecule has 2 nitrogen and oxygen atoms in total. The van der Waals surface area contributed by atoms with Crippen molar-refractivity contribution in [2.45, 2.75) is 111 Å². The van der Waals surface area contributed by atoms with E-state index in [0.717, 1.165) is 25.7 Å². The monoisotopic (exact) mass is 348 g/mol. The molecule has 0 aromatic heterocycles. The Kier molecular flexibility index (Phi) is 11.8. The number of carbonyl (C=O) groups is 2. The van der Waals surface area contributed by atoms with Crippen LogP contribution in [-0.2, 0) is 9.59 Å². The highest BCUT2D eigenvalue weighted by molar-refractivity contribution is 5.79. The van der Waals surface area contributed by atoms with Gasteiger partial charge in [-0.25, -0.2) is 0 Å². The average molecular weight is 349 g/mol. The molecule has 0 aliphatic heterocycles. The highest BCUT2D eigenvalue weighted by Crippen LogP contribution is 2.35. The average Bonchev–Trinajstić information content (AvgIpc) is 2.57. The lowest BCUT2D eigenvalue weighted by atomic mass is 9.75. The quantitative estimate of drug-likeness (QED) is 0.255. The van der Waals surface area contributed by atoms with E-state index in [0.29, 0.717) is 17.5 Å². The third-order valence-electron chi connectivity index (χ3n) is 5.68. The number of allylic oxidation sites excluding steroid dienone is 2. The molecular weight excluding hydrogens is 308 g/mol. The van der Waals surface area contributed by atoms with Crippen molar-refractivity contribution in [2.75, 3.05) is 0 Å². The number of rotatable bonds is 14. The summed E-state index contributed by atoms with van der Waals surface area (Å²) in [5.41, 5.74) is 1.60. The fourth-order valence-corrected chi connectivity index (χ4v) is 4.12. The molecule has 2 heteroatoms. The van der Waals surface area contributed by atoms with Gasteiger partial charge in [-0.05, 0) is 58.3 Å². The second-order valence-corrected chi connectivity index (χ2v) is 8.06. The lowest BCUT2D eigenvalue weighted by Crippen LogP contribution is -2.24. The summed E-state index contributed by atoms with van der Waals surface area (Å²) >= 11 is 0. The van der Waals surface area contributed by atoms with Gasteiger partial charge in [0.2, 0.25) is 0 Å². The minimum Gasteiger partial charge on any atom is -0.300 e. The zero-order valence-corrected chi connectivity index (χ0v) is 16.9. The molecule has 0 aromatic rings. The number of hydrogen-bond acceptors (Lipinski definition) is 2. The van der Waals surface area contributed by atoms with Crippen molar-refractivity contribution < 1.29 is 9.59 Å². The normalized spacial score (nSPS) is 20.4. The van der Waals surface area contributed by atoms with Crippen LogP contribution in [0.4, 0.5) is 0 Å². The summed E-state index contributed by atoms with van der Waals surface area (Å²) in [6, 6.07) is 0. The highest BCUT2D eigenvalue weighted by Gasteiger charge is 2.27. The molecule has 0 saturated carbocycles. The Morgan fingerprint density at radius 2 is 1.64 bits per heavy atom. The fraction of sp³-hybridized carbons (Fsp3) is 0.826. The maximum absolute atomic E-state index is 12.0. The second-order valence-electron chi connectivity index (χ2n) is 8.06. The van der Waals surface area contributed by atoms with Gasteiger partial charge in [0.25, 0.3) is 0 Å². The number of ketones is 2. The maximum atomic E-state index is 12.0. The van der Waals surface area contributed by atoms with E-state index in [4.69, 9.17) is 0 Å². The molecule has 1 aliphatic rings. The number of Topliss-reactive ketones (excluding diaryl/α,β-unsaturated/α-hetero) is 2. The third kappa shape index (κ3) is 9.97. The van der Waals surface area contributed by atoms with Crippen LogP contribution in [0.15, 0.2) is 11.6 Å². The van der Waals surface area contributed by atoms with Gasteiger partial charge in [0.15, 0.2) is 0 Å². The van der Waals surface area contributed by atoms with Crippen molar-refractivity contribution >= 4 is 11.6 Å². The van der Waals surface area contributed by atoms with Crippen LogP contribution in [-0.4, -0.2) is 11.6 Å². The molecule has 0 aromatic carbocycles.